The second-order valence-corrected chi connectivity index (χ2v) is 4.68. The van der Waals surface area contributed by atoms with Crippen molar-refractivity contribution < 1.29 is 14.7 Å². The number of carbonyl (C=O) groups excluding carboxylic acids is 1. The molecule has 20 heavy (non-hydrogen) atoms. The van der Waals surface area contributed by atoms with E-state index >= 15 is 0 Å². The van der Waals surface area contributed by atoms with E-state index in [-0.39, 0.29) is 25.2 Å². The summed E-state index contributed by atoms with van der Waals surface area (Å²) in [7, 11) is 3.87. The molecule has 0 saturated heterocycles. The Balaban J connectivity index is 2.30. The summed E-state index contributed by atoms with van der Waals surface area (Å²) >= 11 is 0. The van der Waals surface area contributed by atoms with Crippen LogP contribution in [0.2, 0.25) is 0 Å². The molecule has 0 spiro atoms. The quantitative estimate of drug-likeness (QED) is 0.599. The average Bonchev–Trinajstić information content (AvgIpc) is 2.79. The molecule has 0 radical (unpaired) electrons. The first-order valence-electron chi connectivity index (χ1n) is 6.17. The molecule has 0 aliphatic carbocycles. The van der Waals surface area contributed by atoms with Crippen molar-refractivity contribution in [3.8, 4) is 0 Å². The number of hydrogen-bond donors (Lipinski definition) is 3. The van der Waals surface area contributed by atoms with Gasteiger partial charge in [-0.25, -0.2) is 9.48 Å². The highest BCUT2D eigenvalue weighted by Crippen LogP contribution is 1.93. The Bertz CT molecular complexity index is 459. The smallest absolute Gasteiger partial charge is 0.325 e. The molecule has 0 aromatic carbocycles. The van der Waals surface area contributed by atoms with E-state index in [0.29, 0.717) is 12.2 Å². The van der Waals surface area contributed by atoms with Gasteiger partial charge in [-0.3, -0.25) is 4.79 Å². The topological polar surface area (TPSA) is 112 Å². The highest BCUT2D eigenvalue weighted by atomic mass is 16.4. The van der Waals surface area contributed by atoms with Crippen LogP contribution in [0.4, 0.5) is 4.79 Å². The molecule has 9 nitrogen and oxygen atoms in total. The molecule has 1 aromatic rings. The number of likely N-dealkylation sites (N-methyl/N-ethyl adjacent to an activating group) is 1. The van der Waals surface area contributed by atoms with Crippen LogP contribution in [0.15, 0.2) is 6.20 Å². The van der Waals surface area contributed by atoms with Gasteiger partial charge < -0.3 is 20.6 Å². The number of carbonyl (C=O) groups is 2. The van der Waals surface area contributed by atoms with Gasteiger partial charge in [0.2, 0.25) is 0 Å². The number of nitrogens with zero attached hydrogens (tertiary/aromatic N) is 4. The van der Waals surface area contributed by atoms with Gasteiger partial charge in [0.1, 0.15) is 12.2 Å². The van der Waals surface area contributed by atoms with Crippen LogP contribution in [-0.2, 0) is 17.9 Å². The number of aromatic nitrogens is 3. The third-order valence-electron chi connectivity index (χ3n) is 2.75. The van der Waals surface area contributed by atoms with Gasteiger partial charge in [-0.1, -0.05) is 5.21 Å². The summed E-state index contributed by atoms with van der Waals surface area (Å²) in [5.74, 6) is -0.996. The fourth-order valence-electron chi connectivity index (χ4n) is 1.29. The molecule has 0 bridgehead atoms. The molecule has 0 fully saturated rings. The highest BCUT2D eigenvalue weighted by molar-refractivity contribution is 5.73. The third-order valence-corrected chi connectivity index (χ3v) is 2.75. The lowest BCUT2D eigenvalue weighted by Crippen LogP contribution is -2.42. The van der Waals surface area contributed by atoms with E-state index in [9.17, 15) is 9.59 Å². The predicted octanol–water partition coefficient (Wildman–Crippen LogP) is -0.888. The van der Waals surface area contributed by atoms with E-state index in [1.54, 1.807) is 0 Å². The summed E-state index contributed by atoms with van der Waals surface area (Å²) < 4.78 is 1.20. The number of carboxylic acid groups (broad SMARTS) is 1. The second kappa shape index (κ2) is 7.43. The molecule has 1 atom stereocenters. The number of carboxylic acids is 1. The molecule has 2 amide bonds. The lowest BCUT2D eigenvalue weighted by molar-refractivity contribution is -0.137. The van der Waals surface area contributed by atoms with Crippen molar-refractivity contribution in [3.63, 3.8) is 0 Å². The maximum atomic E-state index is 11.5. The van der Waals surface area contributed by atoms with Gasteiger partial charge in [-0.05, 0) is 21.0 Å². The van der Waals surface area contributed by atoms with E-state index in [0.717, 1.165) is 0 Å². The van der Waals surface area contributed by atoms with E-state index in [4.69, 9.17) is 5.11 Å². The van der Waals surface area contributed by atoms with Gasteiger partial charge in [0.25, 0.3) is 0 Å². The van der Waals surface area contributed by atoms with Crippen LogP contribution in [0.3, 0.4) is 0 Å². The van der Waals surface area contributed by atoms with Crippen molar-refractivity contribution in [1.29, 1.82) is 0 Å². The largest absolute Gasteiger partial charge is 0.480 e. The molecule has 1 heterocycles. The van der Waals surface area contributed by atoms with Crippen LogP contribution >= 0.6 is 0 Å². The average molecular weight is 284 g/mol. The van der Waals surface area contributed by atoms with Gasteiger partial charge in [0.05, 0.1) is 12.7 Å². The maximum Gasteiger partial charge on any atom is 0.325 e. The van der Waals surface area contributed by atoms with Crippen LogP contribution in [0.25, 0.3) is 0 Å². The zero-order chi connectivity index (χ0) is 15.1. The highest BCUT2D eigenvalue weighted by Gasteiger charge is 2.08. The summed E-state index contributed by atoms with van der Waals surface area (Å²) in [4.78, 5) is 24.0. The summed E-state index contributed by atoms with van der Waals surface area (Å²) in [5, 5.41) is 21.4. The van der Waals surface area contributed by atoms with Gasteiger partial charge >= 0.3 is 12.0 Å². The standard InChI is InChI=1S/C11H20N6O3/c1-8(16(2)3)4-12-11(20)13-5-9-6-17(15-14-9)7-10(18)19/h6,8H,4-5,7H2,1-3H3,(H,18,19)(H2,12,13,20). The Hall–Kier alpha value is -2.16. The predicted molar refractivity (Wildman–Crippen MR) is 71.0 cm³/mol. The fraction of sp³-hybridized carbons (Fsp3) is 0.636. The first kappa shape index (κ1) is 15.9. The van der Waals surface area contributed by atoms with E-state index in [1.807, 2.05) is 25.9 Å². The number of hydrogen-bond acceptors (Lipinski definition) is 5. The zero-order valence-corrected chi connectivity index (χ0v) is 11.8. The molecule has 1 rings (SSSR count). The summed E-state index contributed by atoms with van der Waals surface area (Å²) in [5.41, 5.74) is 0.502. The van der Waals surface area contributed by atoms with Crippen molar-refractivity contribution in [2.75, 3.05) is 20.6 Å². The molecular weight excluding hydrogens is 264 g/mol. The SMILES string of the molecule is CC(CNC(=O)NCc1cn(CC(=O)O)nn1)N(C)C. The fourth-order valence-corrected chi connectivity index (χ4v) is 1.29. The van der Waals surface area contributed by atoms with Crippen LogP contribution < -0.4 is 10.6 Å². The Morgan fingerprint density at radius 1 is 1.45 bits per heavy atom. The first-order chi connectivity index (χ1) is 9.38. The van der Waals surface area contributed by atoms with Crippen LogP contribution in [0, 0.1) is 0 Å². The molecule has 3 N–H and O–H groups in total. The van der Waals surface area contributed by atoms with Crippen LogP contribution in [0.5, 0.6) is 0 Å². The Kier molecular flexibility index (Phi) is 5.91. The monoisotopic (exact) mass is 284 g/mol. The molecule has 0 aliphatic heterocycles. The number of nitrogens with one attached hydrogen (secondary N) is 2. The van der Waals surface area contributed by atoms with Crippen LogP contribution in [0.1, 0.15) is 12.6 Å². The molecule has 0 aliphatic rings. The molecular formula is C11H20N6O3. The van der Waals surface area contributed by atoms with Crippen LogP contribution in [-0.4, -0.2) is 63.7 Å². The minimum Gasteiger partial charge on any atom is -0.480 e. The first-order valence-corrected chi connectivity index (χ1v) is 6.17. The Morgan fingerprint density at radius 3 is 2.75 bits per heavy atom. The molecule has 1 unspecified atom stereocenters. The summed E-state index contributed by atoms with van der Waals surface area (Å²) in [6, 6.07) is -0.0660. The number of rotatable bonds is 7. The minimum absolute atomic E-state index is 0.196. The van der Waals surface area contributed by atoms with Crippen molar-refractivity contribution in [2.45, 2.75) is 26.1 Å². The normalized spacial score (nSPS) is 12.2. The summed E-state index contributed by atoms with van der Waals surface area (Å²) in [6.45, 7) is 2.48. The summed E-state index contributed by atoms with van der Waals surface area (Å²) in [6.07, 6.45) is 1.48. The molecule has 112 valence electrons. The Morgan fingerprint density at radius 2 is 2.15 bits per heavy atom. The lowest BCUT2D eigenvalue weighted by Gasteiger charge is -2.19. The van der Waals surface area contributed by atoms with E-state index in [1.165, 1.54) is 10.9 Å². The third kappa shape index (κ3) is 5.65. The molecule has 0 saturated carbocycles. The van der Waals surface area contributed by atoms with Crippen molar-refractivity contribution in [2.24, 2.45) is 0 Å². The van der Waals surface area contributed by atoms with Gasteiger partial charge in [-0.15, -0.1) is 5.10 Å². The number of amides is 2. The van der Waals surface area contributed by atoms with Crippen molar-refractivity contribution in [1.82, 2.24) is 30.5 Å². The van der Waals surface area contributed by atoms with E-state index < -0.39 is 5.97 Å². The number of urea groups is 1. The van der Waals surface area contributed by atoms with Gasteiger partial charge in [-0.2, -0.15) is 0 Å². The Labute approximate surface area is 116 Å². The zero-order valence-electron chi connectivity index (χ0n) is 11.8. The van der Waals surface area contributed by atoms with Gasteiger partial charge in [0, 0.05) is 12.6 Å². The lowest BCUT2D eigenvalue weighted by atomic mass is 10.3. The second-order valence-electron chi connectivity index (χ2n) is 4.68. The molecule has 9 heteroatoms. The maximum absolute atomic E-state index is 11.5. The minimum atomic E-state index is -0.996. The molecule has 1 aromatic heterocycles. The van der Waals surface area contributed by atoms with Crippen molar-refractivity contribution in [3.05, 3.63) is 11.9 Å². The number of aliphatic carboxylic acids is 1. The van der Waals surface area contributed by atoms with Crippen molar-refractivity contribution >= 4 is 12.0 Å². The van der Waals surface area contributed by atoms with E-state index in [2.05, 4.69) is 20.9 Å². The van der Waals surface area contributed by atoms with Gasteiger partial charge in [0.15, 0.2) is 0 Å².